The van der Waals surface area contributed by atoms with E-state index in [1.165, 1.54) is 14.8 Å². The Morgan fingerprint density at radius 3 is 2.52 bits per heavy atom. The van der Waals surface area contributed by atoms with Gasteiger partial charge in [0.2, 0.25) is 21.8 Å². The number of carbonyl (C=O) groups is 2. The minimum absolute atomic E-state index is 0.0865. The molecule has 0 aromatic heterocycles. The molecule has 1 saturated heterocycles. The van der Waals surface area contributed by atoms with Crippen molar-refractivity contribution in [2.24, 2.45) is 0 Å². The van der Waals surface area contributed by atoms with E-state index in [1.807, 2.05) is 12.1 Å². The zero-order chi connectivity index (χ0) is 23.0. The quantitative estimate of drug-likeness (QED) is 0.682. The summed E-state index contributed by atoms with van der Waals surface area (Å²) >= 11 is 0. The minimum atomic E-state index is -3.60. The molecular weight excluding hydrogens is 442 g/mol. The van der Waals surface area contributed by atoms with Crippen LogP contribution in [0.4, 0.5) is 5.69 Å². The van der Waals surface area contributed by atoms with Crippen LogP contribution in [-0.2, 0) is 32.5 Å². The van der Waals surface area contributed by atoms with E-state index in [0.29, 0.717) is 29.4 Å². The number of anilines is 1. The Bertz CT molecular complexity index is 1190. The molecule has 2 aliphatic heterocycles. The van der Waals surface area contributed by atoms with Crippen molar-refractivity contribution in [1.29, 1.82) is 0 Å². The topological polar surface area (TPSA) is 87.2 Å². The maximum atomic E-state index is 13.2. The summed E-state index contributed by atoms with van der Waals surface area (Å²) in [5.41, 5.74) is 2.95. The molecule has 0 unspecified atom stereocenters. The maximum absolute atomic E-state index is 13.2. The third kappa shape index (κ3) is 4.22. The molecule has 174 valence electrons. The first-order valence-electron chi connectivity index (χ1n) is 11.4. The van der Waals surface area contributed by atoms with Crippen LogP contribution in [0.5, 0.6) is 5.75 Å². The lowest BCUT2D eigenvalue weighted by atomic mass is 10.1. The average molecular weight is 470 g/mol. The molecule has 9 heteroatoms. The first-order valence-corrected chi connectivity index (χ1v) is 12.8. The van der Waals surface area contributed by atoms with E-state index in [4.69, 9.17) is 4.74 Å². The fourth-order valence-electron chi connectivity index (χ4n) is 4.76. The highest BCUT2D eigenvalue weighted by Gasteiger charge is 2.32. The molecule has 33 heavy (non-hydrogen) atoms. The second kappa shape index (κ2) is 8.79. The van der Waals surface area contributed by atoms with E-state index in [9.17, 15) is 18.0 Å². The smallest absolute Gasteiger partial charge is 0.243 e. The predicted octanol–water partition coefficient (Wildman–Crippen LogP) is 1.82. The Hall–Kier alpha value is -2.91. The van der Waals surface area contributed by atoms with Gasteiger partial charge in [0.05, 0.1) is 23.6 Å². The Labute approximate surface area is 193 Å². The molecule has 0 saturated carbocycles. The number of amides is 2. The summed E-state index contributed by atoms with van der Waals surface area (Å²) in [5, 5.41) is 0. The summed E-state index contributed by atoms with van der Waals surface area (Å²) in [6.45, 7) is 1.25. The number of nitrogens with zero attached hydrogens (tertiary/aromatic N) is 3. The van der Waals surface area contributed by atoms with E-state index in [2.05, 4.69) is 0 Å². The van der Waals surface area contributed by atoms with E-state index in [1.54, 1.807) is 35.2 Å². The molecule has 0 bridgehead atoms. The first kappa shape index (κ1) is 21.9. The van der Waals surface area contributed by atoms with Crippen molar-refractivity contribution in [1.82, 2.24) is 9.21 Å². The van der Waals surface area contributed by atoms with Crippen molar-refractivity contribution in [3.8, 4) is 5.75 Å². The van der Waals surface area contributed by atoms with Gasteiger partial charge in [-0.3, -0.25) is 14.5 Å². The van der Waals surface area contributed by atoms with Gasteiger partial charge in [0.1, 0.15) is 12.3 Å². The third-order valence-corrected chi connectivity index (χ3v) is 8.52. The van der Waals surface area contributed by atoms with Crippen LogP contribution in [0.3, 0.4) is 0 Å². The molecule has 5 rings (SSSR count). The summed E-state index contributed by atoms with van der Waals surface area (Å²) < 4.78 is 33.4. The van der Waals surface area contributed by atoms with Crippen molar-refractivity contribution >= 4 is 27.5 Å². The lowest BCUT2D eigenvalue weighted by Gasteiger charge is -2.35. The molecular formula is C24H27N3O5S. The number of hydrogen-bond acceptors (Lipinski definition) is 5. The highest BCUT2D eigenvalue weighted by Crippen LogP contribution is 2.31. The lowest BCUT2D eigenvalue weighted by Crippen LogP contribution is -2.53. The number of sulfonamides is 1. The Morgan fingerprint density at radius 2 is 1.70 bits per heavy atom. The normalized spacial score (nSPS) is 19.0. The lowest BCUT2D eigenvalue weighted by molar-refractivity contribution is -0.132. The number of rotatable bonds is 4. The molecule has 2 heterocycles. The number of aryl methyl sites for hydroxylation is 2. The van der Waals surface area contributed by atoms with Crippen LogP contribution in [0.25, 0.3) is 0 Å². The number of hydrogen-bond donors (Lipinski definition) is 0. The SMILES string of the molecule is O=C(CN1C(=O)CCOc2ccccc21)N1CCN(S(=O)(=O)c2ccc3c(c2)CCC3)CC1. The molecule has 8 nitrogen and oxygen atoms in total. The molecule has 3 aliphatic rings. The number of benzene rings is 2. The van der Waals surface area contributed by atoms with Crippen LogP contribution in [0.1, 0.15) is 24.0 Å². The van der Waals surface area contributed by atoms with Crippen molar-refractivity contribution in [3.05, 3.63) is 53.6 Å². The number of carbonyl (C=O) groups excluding carboxylic acids is 2. The largest absolute Gasteiger partial charge is 0.491 e. The van der Waals surface area contributed by atoms with Gasteiger partial charge >= 0.3 is 0 Å². The van der Waals surface area contributed by atoms with Crippen LogP contribution in [0, 0.1) is 0 Å². The number of para-hydroxylation sites is 2. The van der Waals surface area contributed by atoms with Crippen molar-refractivity contribution < 1.29 is 22.7 Å². The van der Waals surface area contributed by atoms with Crippen LogP contribution < -0.4 is 9.64 Å². The standard InChI is InChI=1S/C24H27N3O5S/c28-23-10-15-32-22-7-2-1-6-21(22)27(23)17-24(29)25-11-13-26(14-12-25)33(30,31)20-9-8-18-4-3-5-19(18)16-20/h1-2,6-9,16H,3-5,10-15,17H2. The molecule has 0 N–H and O–H groups in total. The van der Waals surface area contributed by atoms with Crippen LogP contribution >= 0.6 is 0 Å². The van der Waals surface area contributed by atoms with E-state index in [0.717, 1.165) is 24.8 Å². The van der Waals surface area contributed by atoms with Crippen molar-refractivity contribution in [2.75, 3.05) is 44.2 Å². The van der Waals surface area contributed by atoms with Crippen LogP contribution in [-0.4, -0.2) is 68.8 Å². The van der Waals surface area contributed by atoms with E-state index < -0.39 is 10.0 Å². The van der Waals surface area contributed by atoms with E-state index >= 15 is 0 Å². The predicted molar refractivity (Wildman–Crippen MR) is 123 cm³/mol. The van der Waals surface area contributed by atoms with Gasteiger partial charge < -0.3 is 9.64 Å². The third-order valence-electron chi connectivity index (χ3n) is 6.62. The molecule has 0 atom stereocenters. The Balaban J connectivity index is 1.25. The van der Waals surface area contributed by atoms with Gasteiger partial charge in [0.15, 0.2) is 0 Å². The van der Waals surface area contributed by atoms with E-state index in [-0.39, 0.29) is 44.5 Å². The number of fused-ring (bicyclic) bond motifs is 2. The second-order valence-electron chi connectivity index (χ2n) is 8.62. The molecule has 2 amide bonds. The van der Waals surface area contributed by atoms with Crippen molar-refractivity contribution in [2.45, 2.75) is 30.6 Å². The zero-order valence-electron chi connectivity index (χ0n) is 18.4. The van der Waals surface area contributed by atoms with Crippen molar-refractivity contribution in [3.63, 3.8) is 0 Å². The zero-order valence-corrected chi connectivity index (χ0v) is 19.2. The molecule has 1 aliphatic carbocycles. The highest BCUT2D eigenvalue weighted by atomic mass is 32.2. The minimum Gasteiger partial charge on any atom is -0.491 e. The highest BCUT2D eigenvalue weighted by molar-refractivity contribution is 7.89. The second-order valence-corrected chi connectivity index (χ2v) is 10.6. The maximum Gasteiger partial charge on any atom is 0.243 e. The summed E-state index contributed by atoms with van der Waals surface area (Å²) in [5.74, 6) is 0.224. The van der Waals surface area contributed by atoms with Gasteiger partial charge in [-0.05, 0) is 54.7 Å². The van der Waals surface area contributed by atoms with Gasteiger partial charge in [0, 0.05) is 26.2 Å². The Kier molecular flexibility index (Phi) is 5.84. The fourth-order valence-corrected chi connectivity index (χ4v) is 6.24. The summed E-state index contributed by atoms with van der Waals surface area (Å²) in [4.78, 5) is 29.0. The van der Waals surface area contributed by atoms with Gasteiger partial charge in [-0.25, -0.2) is 8.42 Å². The summed E-state index contributed by atoms with van der Waals surface area (Å²) in [7, 11) is -3.60. The number of ether oxygens (including phenoxy) is 1. The van der Waals surface area contributed by atoms with Crippen LogP contribution in [0.2, 0.25) is 0 Å². The number of piperazine rings is 1. The van der Waals surface area contributed by atoms with Gasteiger partial charge in [-0.15, -0.1) is 0 Å². The molecule has 1 fully saturated rings. The fraction of sp³-hybridized carbons (Fsp3) is 0.417. The summed E-state index contributed by atoms with van der Waals surface area (Å²) in [6, 6.07) is 12.6. The Morgan fingerprint density at radius 1 is 0.939 bits per heavy atom. The molecule has 0 spiro atoms. The average Bonchev–Trinajstić information content (AvgIpc) is 3.25. The van der Waals surface area contributed by atoms with Crippen LogP contribution in [0.15, 0.2) is 47.4 Å². The first-order chi connectivity index (χ1) is 15.9. The molecule has 2 aromatic carbocycles. The summed E-state index contributed by atoms with van der Waals surface area (Å²) in [6.07, 6.45) is 3.20. The van der Waals surface area contributed by atoms with Gasteiger partial charge in [0.25, 0.3) is 0 Å². The van der Waals surface area contributed by atoms with Gasteiger partial charge in [-0.2, -0.15) is 4.31 Å². The van der Waals surface area contributed by atoms with Gasteiger partial charge in [-0.1, -0.05) is 18.2 Å². The monoisotopic (exact) mass is 469 g/mol. The molecule has 2 aromatic rings. The molecule has 0 radical (unpaired) electrons.